The van der Waals surface area contributed by atoms with Crippen molar-refractivity contribution >= 4 is 44.7 Å². The predicted molar refractivity (Wildman–Crippen MR) is 121 cm³/mol. The molecule has 1 aromatic heterocycles. The van der Waals surface area contributed by atoms with Crippen molar-refractivity contribution in [3.63, 3.8) is 0 Å². The zero-order chi connectivity index (χ0) is 21.6. The van der Waals surface area contributed by atoms with Crippen LogP contribution in [0.5, 0.6) is 0 Å². The molecule has 5 rings (SSSR count). The third-order valence-corrected chi connectivity index (χ3v) is 8.66. The van der Waals surface area contributed by atoms with E-state index in [-0.39, 0.29) is 16.8 Å². The highest BCUT2D eigenvalue weighted by Gasteiger charge is 2.41. The molecule has 7 nitrogen and oxygen atoms in total. The molecule has 10 heteroatoms. The minimum absolute atomic E-state index is 0.0702. The van der Waals surface area contributed by atoms with Crippen molar-refractivity contribution in [1.29, 1.82) is 0 Å². The number of benzene rings is 1. The number of hydrogen-bond acceptors (Lipinski definition) is 6. The second-order valence-electron chi connectivity index (χ2n) is 8.04. The summed E-state index contributed by atoms with van der Waals surface area (Å²) < 4.78 is 29.8. The molecule has 0 aliphatic carbocycles. The molecule has 31 heavy (non-hydrogen) atoms. The number of carbonyl (C=O) groups excluding carboxylic acids is 1. The van der Waals surface area contributed by atoms with E-state index >= 15 is 0 Å². The Morgan fingerprint density at radius 2 is 1.87 bits per heavy atom. The molecule has 1 atom stereocenters. The lowest BCUT2D eigenvalue weighted by Crippen LogP contribution is -2.54. The maximum Gasteiger partial charge on any atom is 0.285 e. The Balaban J connectivity index is 1.27. The number of rotatable bonds is 3. The van der Waals surface area contributed by atoms with E-state index in [1.165, 1.54) is 4.88 Å². The van der Waals surface area contributed by atoms with Crippen molar-refractivity contribution in [2.75, 3.05) is 32.7 Å². The molecule has 0 radical (unpaired) electrons. The lowest BCUT2D eigenvalue weighted by Gasteiger charge is -2.37. The number of nitrogens with zero attached hydrogens (tertiary/aromatic N) is 4. The number of carbonyl (C=O) groups is 1. The Labute approximate surface area is 191 Å². The molecule has 1 aromatic carbocycles. The molecule has 3 aliphatic rings. The maximum absolute atomic E-state index is 13.4. The largest absolute Gasteiger partial charge is 0.343 e. The van der Waals surface area contributed by atoms with Gasteiger partial charge < -0.3 is 9.80 Å². The molecular formula is C21H23ClN4O3S2. The number of hydrogen-bond donors (Lipinski definition) is 0. The third-order valence-electron chi connectivity index (χ3n) is 6.11. The van der Waals surface area contributed by atoms with Gasteiger partial charge in [0.25, 0.3) is 10.0 Å². The molecular weight excluding hydrogens is 456 g/mol. The maximum atomic E-state index is 13.4. The fourth-order valence-electron chi connectivity index (χ4n) is 4.57. The molecule has 0 N–H and O–H groups in total. The molecule has 0 bridgehead atoms. The molecule has 0 saturated carbocycles. The summed E-state index contributed by atoms with van der Waals surface area (Å²) in [6.45, 7) is 4.45. The number of likely N-dealkylation sites (tertiary alicyclic amines) is 1. The van der Waals surface area contributed by atoms with Gasteiger partial charge in [-0.1, -0.05) is 23.7 Å². The monoisotopic (exact) mass is 478 g/mol. The fraction of sp³-hybridized carbons (Fsp3) is 0.429. The Morgan fingerprint density at radius 1 is 1.10 bits per heavy atom. The molecule has 0 unspecified atom stereocenters. The fourth-order valence-corrected chi connectivity index (χ4v) is 6.91. The van der Waals surface area contributed by atoms with E-state index in [2.05, 4.69) is 15.4 Å². The van der Waals surface area contributed by atoms with E-state index in [9.17, 15) is 13.2 Å². The molecule has 0 spiro atoms. The highest BCUT2D eigenvalue weighted by molar-refractivity contribution is 7.90. The summed E-state index contributed by atoms with van der Waals surface area (Å²) in [5.41, 5.74) is 0.599. The SMILES string of the molecule is O=C([C@H]1CCCN1C1=NS(=O)(=O)c2ccccc21)N1CCN(Cc2ccc(Cl)s2)CC1. The average molecular weight is 479 g/mol. The molecule has 2 saturated heterocycles. The number of fused-ring (bicyclic) bond motifs is 1. The zero-order valence-corrected chi connectivity index (χ0v) is 19.3. The van der Waals surface area contributed by atoms with Gasteiger partial charge in [0, 0.05) is 49.7 Å². The molecule has 164 valence electrons. The smallest absolute Gasteiger partial charge is 0.285 e. The quantitative estimate of drug-likeness (QED) is 0.678. The van der Waals surface area contributed by atoms with Crippen molar-refractivity contribution in [3.8, 4) is 0 Å². The summed E-state index contributed by atoms with van der Waals surface area (Å²) in [4.78, 5) is 21.0. The van der Waals surface area contributed by atoms with E-state index in [1.807, 2.05) is 21.9 Å². The minimum Gasteiger partial charge on any atom is -0.343 e. The van der Waals surface area contributed by atoms with Gasteiger partial charge in [-0.3, -0.25) is 9.69 Å². The van der Waals surface area contributed by atoms with Crippen molar-refractivity contribution in [2.45, 2.75) is 30.3 Å². The average Bonchev–Trinajstić information content (AvgIpc) is 3.46. The minimum atomic E-state index is -3.70. The Hall–Kier alpha value is -1.94. The van der Waals surface area contributed by atoms with Gasteiger partial charge in [-0.25, -0.2) is 0 Å². The first-order valence-corrected chi connectivity index (χ1v) is 13.0. The molecule has 2 fully saturated rings. The predicted octanol–water partition coefficient (Wildman–Crippen LogP) is 2.66. The third kappa shape index (κ3) is 4.00. The van der Waals surface area contributed by atoms with E-state index in [0.717, 1.165) is 30.4 Å². The van der Waals surface area contributed by atoms with Crippen LogP contribution in [0, 0.1) is 0 Å². The van der Waals surface area contributed by atoms with Crippen LogP contribution in [-0.4, -0.2) is 73.6 Å². The highest BCUT2D eigenvalue weighted by atomic mass is 35.5. The zero-order valence-electron chi connectivity index (χ0n) is 16.9. The normalized spacial score (nSPS) is 23.1. The van der Waals surface area contributed by atoms with Crippen LogP contribution >= 0.6 is 22.9 Å². The van der Waals surface area contributed by atoms with Gasteiger partial charge in [-0.05, 0) is 37.1 Å². The number of amidine groups is 1. The van der Waals surface area contributed by atoms with Crippen LogP contribution in [0.15, 0.2) is 45.7 Å². The van der Waals surface area contributed by atoms with Crippen LogP contribution in [0.1, 0.15) is 23.3 Å². The lowest BCUT2D eigenvalue weighted by molar-refractivity contribution is -0.136. The van der Waals surface area contributed by atoms with Gasteiger partial charge in [-0.2, -0.15) is 8.42 Å². The molecule has 3 aliphatic heterocycles. The first-order chi connectivity index (χ1) is 14.9. The van der Waals surface area contributed by atoms with Crippen LogP contribution < -0.4 is 0 Å². The second kappa shape index (κ2) is 8.20. The molecule has 1 amide bonds. The van der Waals surface area contributed by atoms with Crippen LogP contribution in [-0.2, 0) is 21.4 Å². The van der Waals surface area contributed by atoms with Gasteiger partial charge in [0.1, 0.15) is 10.9 Å². The van der Waals surface area contributed by atoms with Gasteiger partial charge in [-0.15, -0.1) is 15.7 Å². The Morgan fingerprint density at radius 3 is 2.61 bits per heavy atom. The van der Waals surface area contributed by atoms with E-state index in [1.54, 1.807) is 29.5 Å². The van der Waals surface area contributed by atoms with Gasteiger partial charge >= 0.3 is 0 Å². The standard InChI is InChI=1S/C21H23ClN4O3S2/c22-19-8-7-15(30-19)14-24-10-12-25(13-11-24)21(27)17-5-3-9-26(17)20-16-4-1-2-6-18(16)31(28,29)23-20/h1-2,4,6-8,17H,3,5,9-14H2/t17-/m1/s1. The summed E-state index contributed by atoms with van der Waals surface area (Å²) in [6, 6.07) is 10.5. The first kappa shape index (κ1) is 20.9. The van der Waals surface area contributed by atoms with Crippen LogP contribution in [0.2, 0.25) is 4.34 Å². The number of piperazine rings is 1. The number of halogens is 1. The van der Waals surface area contributed by atoms with Crippen molar-refractivity contribution < 1.29 is 13.2 Å². The molecule has 2 aromatic rings. The van der Waals surface area contributed by atoms with Gasteiger partial charge in [0.15, 0.2) is 5.84 Å². The van der Waals surface area contributed by atoms with E-state index < -0.39 is 10.0 Å². The topological polar surface area (TPSA) is 73.3 Å². The summed E-state index contributed by atoms with van der Waals surface area (Å²) >= 11 is 7.62. The van der Waals surface area contributed by atoms with Gasteiger partial charge in [0.05, 0.1) is 4.34 Å². The first-order valence-electron chi connectivity index (χ1n) is 10.4. The Kier molecular flexibility index (Phi) is 5.54. The van der Waals surface area contributed by atoms with Crippen molar-refractivity contribution in [2.24, 2.45) is 4.40 Å². The van der Waals surface area contributed by atoms with E-state index in [0.29, 0.717) is 37.5 Å². The summed E-state index contributed by atoms with van der Waals surface area (Å²) in [7, 11) is -3.70. The highest BCUT2D eigenvalue weighted by Crippen LogP contribution is 2.32. The van der Waals surface area contributed by atoms with Crippen LogP contribution in [0.25, 0.3) is 0 Å². The second-order valence-corrected chi connectivity index (χ2v) is 11.4. The number of thiophene rings is 1. The summed E-state index contributed by atoms with van der Waals surface area (Å²) in [5, 5.41) is 0. The van der Waals surface area contributed by atoms with Crippen LogP contribution in [0.3, 0.4) is 0 Å². The van der Waals surface area contributed by atoms with Gasteiger partial charge in [0.2, 0.25) is 5.91 Å². The lowest BCUT2D eigenvalue weighted by atomic mass is 10.1. The van der Waals surface area contributed by atoms with Crippen molar-refractivity contribution in [1.82, 2.24) is 14.7 Å². The Bertz CT molecular complexity index is 1140. The van der Waals surface area contributed by atoms with E-state index in [4.69, 9.17) is 11.6 Å². The van der Waals surface area contributed by atoms with Crippen LogP contribution in [0.4, 0.5) is 0 Å². The summed E-state index contributed by atoms with van der Waals surface area (Å²) in [6.07, 6.45) is 1.56. The molecule has 4 heterocycles. The number of sulfonamides is 1. The summed E-state index contributed by atoms with van der Waals surface area (Å²) in [5.74, 6) is 0.487. The van der Waals surface area contributed by atoms with Crippen molar-refractivity contribution in [3.05, 3.63) is 51.2 Å². The number of amides is 1.